The fourth-order valence-electron chi connectivity index (χ4n) is 2.48. The van der Waals surface area contributed by atoms with Crippen LogP contribution in [0.4, 0.5) is 0 Å². The lowest BCUT2D eigenvalue weighted by molar-refractivity contribution is -0.126. The van der Waals surface area contributed by atoms with E-state index in [1.54, 1.807) is 0 Å². The van der Waals surface area contributed by atoms with E-state index in [2.05, 4.69) is 5.32 Å². The predicted molar refractivity (Wildman–Crippen MR) is 90.1 cm³/mol. The highest BCUT2D eigenvalue weighted by molar-refractivity contribution is 5.80. The van der Waals surface area contributed by atoms with Crippen molar-refractivity contribution in [1.82, 2.24) is 5.32 Å². The van der Waals surface area contributed by atoms with Crippen molar-refractivity contribution in [3.63, 3.8) is 0 Å². The molecule has 2 aromatic carbocycles. The third-order valence-electron chi connectivity index (χ3n) is 4.07. The molecule has 0 bridgehead atoms. The maximum Gasteiger partial charge on any atom is 0.225 e. The molecule has 0 spiro atoms. The SMILES string of the molecule is CC(C(=O)NC(C)(C)c1ccccc1)C(N)c1ccccc1. The van der Waals surface area contributed by atoms with E-state index >= 15 is 0 Å². The standard InChI is InChI=1S/C19H24N2O/c1-14(17(20)15-10-6-4-7-11-15)18(22)21-19(2,3)16-12-8-5-9-13-16/h4-14,17H,20H2,1-3H3,(H,21,22). The Labute approximate surface area is 132 Å². The summed E-state index contributed by atoms with van der Waals surface area (Å²) < 4.78 is 0. The first-order valence-electron chi connectivity index (χ1n) is 7.60. The van der Waals surface area contributed by atoms with Gasteiger partial charge < -0.3 is 11.1 Å². The van der Waals surface area contributed by atoms with Crippen LogP contribution >= 0.6 is 0 Å². The van der Waals surface area contributed by atoms with E-state index in [0.717, 1.165) is 11.1 Å². The Morgan fingerprint density at radius 1 is 1.00 bits per heavy atom. The summed E-state index contributed by atoms with van der Waals surface area (Å²) >= 11 is 0. The molecule has 0 saturated carbocycles. The van der Waals surface area contributed by atoms with Crippen LogP contribution in [0.25, 0.3) is 0 Å². The Morgan fingerprint density at radius 2 is 1.50 bits per heavy atom. The van der Waals surface area contributed by atoms with Gasteiger partial charge in [-0.05, 0) is 25.0 Å². The van der Waals surface area contributed by atoms with Crippen molar-refractivity contribution in [1.29, 1.82) is 0 Å². The highest BCUT2D eigenvalue weighted by atomic mass is 16.2. The van der Waals surface area contributed by atoms with Crippen LogP contribution in [0.15, 0.2) is 60.7 Å². The molecule has 0 aliphatic rings. The highest BCUT2D eigenvalue weighted by Gasteiger charge is 2.28. The normalized spacial score (nSPS) is 14.2. The second kappa shape index (κ2) is 6.75. The van der Waals surface area contributed by atoms with Gasteiger partial charge in [0.05, 0.1) is 11.5 Å². The molecule has 22 heavy (non-hydrogen) atoms. The molecule has 2 atom stereocenters. The Kier molecular flexibility index (Phi) is 4.99. The second-order valence-corrected chi connectivity index (χ2v) is 6.21. The van der Waals surface area contributed by atoms with Crippen LogP contribution in [0.5, 0.6) is 0 Å². The fraction of sp³-hybridized carbons (Fsp3) is 0.316. The van der Waals surface area contributed by atoms with Gasteiger partial charge in [0.25, 0.3) is 0 Å². The summed E-state index contributed by atoms with van der Waals surface area (Å²) in [5.41, 5.74) is 7.86. The summed E-state index contributed by atoms with van der Waals surface area (Å²) in [4.78, 5) is 12.6. The van der Waals surface area contributed by atoms with Gasteiger partial charge >= 0.3 is 0 Å². The lowest BCUT2D eigenvalue weighted by Crippen LogP contribution is -2.45. The molecule has 0 fully saturated rings. The zero-order valence-electron chi connectivity index (χ0n) is 13.4. The zero-order valence-corrected chi connectivity index (χ0v) is 13.4. The van der Waals surface area contributed by atoms with Crippen LogP contribution < -0.4 is 11.1 Å². The summed E-state index contributed by atoms with van der Waals surface area (Å²) in [5, 5.41) is 3.10. The maximum absolute atomic E-state index is 12.6. The van der Waals surface area contributed by atoms with Crippen LogP contribution in [0.3, 0.4) is 0 Å². The van der Waals surface area contributed by atoms with Gasteiger partial charge in [0.15, 0.2) is 0 Å². The Bertz CT molecular complexity index is 608. The molecular formula is C19H24N2O. The second-order valence-electron chi connectivity index (χ2n) is 6.21. The van der Waals surface area contributed by atoms with E-state index in [1.807, 2.05) is 81.4 Å². The summed E-state index contributed by atoms with van der Waals surface area (Å²) in [6.45, 7) is 5.87. The highest BCUT2D eigenvalue weighted by Crippen LogP contribution is 2.23. The number of hydrogen-bond acceptors (Lipinski definition) is 2. The number of nitrogens with two attached hydrogens (primary N) is 1. The van der Waals surface area contributed by atoms with Crippen LogP contribution in [-0.4, -0.2) is 5.91 Å². The number of nitrogens with one attached hydrogen (secondary N) is 1. The van der Waals surface area contributed by atoms with E-state index in [1.165, 1.54) is 0 Å². The summed E-state index contributed by atoms with van der Waals surface area (Å²) in [5.74, 6) is -0.337. The third-order valence-corrected chi connectivity index (χ3v) is 4.07. The van der Waals surface area contributed by atoms with Crippen molar-refractivity contribution in [2.75, 3.05) is 0 Å². The van der Waals surface area contributed by atoms with Gasteiger partial charge in [-0.1, -0.05) is 67.6 Å². The molecule has 0 aromatic heterocycles. The van der Waals surface area contributed by atoms with Crippen LogP contribution in [-0.2, 0) is 10.3 Å². The molecule has 0 radical (unpaired) electrons. The number of rotatable bonds is 5. The Hall–Kier alpha value is -2.13. The summed E-state index contributed by atoms with van der Waals surface area (Å²) in [7, 11) is 0. The van der Waals surface area contributed by atoms with Crippen LogP contribution in [0, 0.1) is 5.92 Å². The zero-order chi connectivity index (χ0) is 16.2. The minimum Gasteiger partial charge on any atom is -0.347 e. The van der Waals surface area contributed by atoms with Crippen molar-refractivity contribution in [2.45, 2.75) is 32.4 Å². The van der Waals surface area contributed by atoms with Crippen molar-refractivity contribution >= 4 is 5.91 Å². The molecule has 0 saturated heterocycles. The molecule has 0 aliphatic carbocycles. The van der Waals surface area contributed by atoms with Gasteiger partial charge in [0.2, 0.25) is 5.91 Å². The quantitative estimate of drug-likeness (QED) is 0.888. The van der Waals surface area contributed by atoms with E-state index in [0.29, 0.717) is 0 Å². The fourth-order valence-corrected chi connectivity index (χ4v) is 2.48. The van der Waals surface area contributed by atoms with Gasteiger partial charge in [0, 0.05) is 6.04 Å². The molecule has 2 rings (SSSR count). The predicted octanol–water partition coefficient (Wildman–Crippen LogP) is 3.37. The van der Waals surface area contributed by atoms with Gasteiger partial charge in [-0.3, -0.25) is 4.79 Å². The monoisotopic (exact) mass is 296 g/mol. The van der Waals surface area contributed by atoms with Gasteiger partial charge in [-0.15, -0.1) is 0 Å². The molecule has 3 N–H and O–H groups in total. The van der Waals surface area contributed by atoms with Crippen molar-refractivity contribution in [3.8, 4) is 0 Å². The van der Waals surface area contributed by atoms with Gasteiger partial charge in [-0.25, -0.2) is 0 Å². The van der Waals surface area contributed by atoms with E-state index in [4.69, 9.17) is 5.73 Å². The molecule has 0 aliphatic heterocycles. The average molecular weight is 296 g/mol. The minimum absolute atomic E-state index is 0.0368. The molecule has 3 nitrogen and oxygen atoms in total. The number of carbonyl (C=O) groups is 1. The lowest BCUT2D eigenvalue weighted by Gasteiger charge is -2.30. The van der Waals surface area contributed by atoms with Crippen molar-refractivity contribution < 1.29 is 4.79 Å². The smallest absolute Gasteiger partial charge is 0.225 e. The molecule has 1 amide bonds. The summed E-state index contributed by atoms with van der Waals surface area (Å²) in [6, 6.07) is 19.4. The van der Waals surface area contributed by atoms with Crippen LogP contribution in [0.2, 0.25) is 0 Å². The first kappa shape index (κ1) is 16.2. The minimum atomic E-state index is -0.428. The number of amides is 1. The molecule has 116 valence electrons. The largest absolute Gasteiger partial charge is 0.347 e. The first-order chi connectivity index (χ1) is 10.4. The summed E-state index contributed by atoms with van der Waals surface area (Å²) in [6.07, 6.45) is 0. The Balaban J connectivity index is 2.08. The van der Waals surface area contributed by atoms with Crippen molar-refractivity contribution in [2.24, 2.45) is 11.7 Å². The molecular weight excluding hydrogens is 272 g/mol. The van der Waals surface area contributed by atoms with Gasteiger partial charge in [0.1, 0.15) is 0 Å². The topological polar surface area (TPSA) is 55.1 Å². The first-order valence-corrected chi connectivity index (χ1v) is 7.60. The van der Waals surface area contributed by atoms with Crippen molar-refractivity contribution in [3.05, 3.63) is 71.8 Å². The van der Waals surface area contributed by atoms with E-state index < -0.39 is 5.54 Å². The Morgan fingerprint density at radius 3 is 2.05 bits per heavy atom. The number of hydrogen-bond donors (Lipinski definition) is 2. The van der Waals surface area contributed by atoms with E-state index in [-0.39, 0.29) is 17.9 Å². The van der Waals surface area contributed by atoms with Crippen LogP contribution in [0.1, 0.15) is 37.9 Å². The molecule has 3 heteroatoms. The molecule has 2 aromatic rings. The molecule has 2 unspecified atom stereocenters. The average Bonchev–Trinajstić information content (AvgIpc) is 2.54. The van der Waals surface area contributed by atoms with E-state index in [9.17, 15) is 4.79 Å². The van der Waals surface area contributed by atoms with Gasteiger partial charge in [-0.2, -0.15) is 0 Å². The maximum atomic E-state index is 12.6. The molecule has 0 heterocycles. The number of benzene rings is 2. The number of carbonyl (C=O) groups excluding carboxylic acids is 1. The third kappa shape index (κ3) is 3.74. The lowest BCUT2D eigenvalue weighted by atomic mass is 9.90.